The second kappa shape index (κ2) is 37.3. The minimum atomic E-state index is -3.28. The number of rotatable bonds is 14. The predicted octanol–water partition coefficient (Wildman–Crippen LogP) is 4.36. The van der Waals surface area contributed by atoms with E-state index in [0.29, 0.717) is 52.5 Å². The molecule has 0 saturated carbocycles. The molecule has 20 heteroatoms. The second-order valence-electron chi connectivity index (χ2n) is 15.8. The number of fused-ring (bicyclic) bond motifs is 4. The normalized spacial score (nSPS) is 15.7. The van der Waals surface area contributed by atoms with Crippen LogP contribution >= 0.6 is 7.60 Å². The Kier molecular flexibility index (Phi) is 34.0. The number of benzene rings is 4. The molecule has 4 aliphatic heterocycles. The van der Waals surface area contributed by atoms with Gasteiger partial charge in [-0.2, -0.15) is 0 Å². The van der Waals surface area contributed by atoms with Crippen LogP contribution in [0.1, 0.15) is 113 Å². The van der Waals surface area contributed by atoms with Crippen molar-refractivity contribution < 1.29 is 142 Å². The molecule has 0 saturated heterocycles. The van der Waals surface area contributed by atoms with E-state index in [1.54, 1.807) is 39.8 Å². The number of carboxylic acids is 1. The first kappa shape index (κ1) is 67.5. The van der Waals surface area contributed by atoms with Crippen molar-refractivity contribution in [2.45, 2.75) is 85.0 Å². The fraction of sp³-hybridized carbons (Fsp3) is 0.426. The fourth-order valence-electron chi connectivity index (χ4n) is 7.73. The number of Topliss-reactive ketones (excluding diaryl/α,β-unsaturated/α-hetero) is 1. The minimum Gasteiger partial charge on any atom is -1.00 e. The molecule has 0 amide bonds. The first-order valence-electron chi connectivity index (χ1n) is 24.0. The number of carboxylic acid groups (broad SMARTS) is 1. The molecule has 2 unspecified atom stereocenters. The molecule has 0 spiro atoms. The van der Waals surface area contributed by atoms with Crippen molar-refractivity contribution in [2.24, 2.45) is 0 Å². The van der Waals surface area contributed by atoms with Crippen LogP contribution < -0.4 is 78.1 Å². The minimum absolute atomic E-state index is 0. The first-order chi connectivity index (χ1) is 34.3. The molecule has 17 nitrogen and oxygen atoms in total. The van der Waals surface area contributed by atoms with Gasteiger partial charge in [0.05, 0.1) is 77.9 Å². The van der Waals surface area contributed by atoms with Crippen molar-refractivity contribution in [3.63, 3.8) is 0 Å². The molecule has 2 N–H and O–H groups in total. The third-order valence-electron chi connectivity index (χ3n) is 10.8. The van der Waals surface area contributed by atoms with Crippen LogP contribution in [0.4, 0.5) is 0 Å². The maximum Gasteiger partial charge on any atom is 1.00 e. The van der Waals surface area contributed by atoms with E-state index in [1.807, 2.05) is 97.9 Å². The Hall–Kier alpha value is -4.52. The van der Waals surface area contributed by atoms with Crippen LogP contribution in [0.2, 0.25) is 0 Å². The molecule has 8 rings (SSSR count). The maximum absolute atomic E-state index is 11.8. The molecule has 4 aliphatic rings. The summed E-state index contributed by atoms with van der Waals surface area (Å²) in [5.41, 5.74) is 4.85. The molecule has 2 atom stereocenters. The zero-order chi connectivity index (χ0) is 51.4. The van der Waals surface area contributed by atoms with Gasteiger partial charge in [-0.15, -0.1) is 0 Å². The summed E-state index contributed by atoms with van der Waals surface area (Å²) in [5.74, 6) is 2.14. The molecule has 0 aromatic heterocycles. The van der Waals surface area contributed by atoms with Gasteiger partial charge in [-0.25, -0.2) is 4.79 Å². The fourth-order valence-corrected chi connectivity index (χ4v) is 9.18. The number of carbonyl (C=O) groups excluding carboxylic acids is 4. The number of ether oxygens (including phenoxy) is 7. The molecule has 394 valence electrons. The smallest absolute Gasteiger partial charge is 1.00 e. The molecular weight excluding hydrogens is 998 g/mol. The number of para-hydroxylation sites is 4. The number of hydrogen-bond donors (Lipinski definition) is 1. The van der Waals surface area contributed by atoms with Crippen LogP contribution in [0.25, 0.3) is 5.57 Å². The van der Waals surface area contributed by atoms with Crippen molar-refractivity contribution in [1.29, 1.82) is 0 Å². The summed E-state index contributed by atoms with van der Waals surface area (Å²) in [6, 6.07) is 30.6. The molecule has 0 bridgehead atoms. The zero-order valence-corrected chi connectivity index (χ0v) is 48.6. The predicted molar refractivity (Wildman–Crippen MR) is 270 cm³/mol. The van der Waals surface area contributed by atoms with Gasteiger partial charge in [0, 0.05) is 36.3 Å². The van der Waals surface area contributed by atoms with Gasteiger partial charge >= 0.3 is 90.6 Å². The number of carbonyl (C=O) groups is 5. The number of hydrogen-bond acceptors (Lipinski definition) is 16. The van der Waals surface area contributed by atoms with E-state index in [4.69, 9.17) is 42.6 Å². The summed E-state index contributed by atoms with van der Waals surface area (Å²) in [6.07, 6.45) is 4.83. The Balaban J connectivity index is 0.000000905. The topological polar surface area (TPSA) is 236 Å². The number of esters is 3. The largest absolute Gasteiger partial charge is 1.00 e. The Morgan fingerprint density at radius 2 is 1.01 bits per heavy atom. The van der Waals surface area contributed by atoms with Crippen molar-refractivity contribution in [1.82, 2.24) is 0 Å². The molecule has 0 radical (unpaired) electrons. The van der Waals surface area contributed by atoms with E-state index in [-0.39, 0.29) is 128 Å². The van der Waals surface area contributed by atoms with Crippen molar-refractivity contribution in [3.05, 3.63) is 125 Å². The van der Waals surface area contributed by atoms with E-state index in [1.165, 1.54) is 0 Å². The van der Waals surface area contributed by atoms with Crippen LogP contribution in [0.3, 0.4) is 0 Å². The third kappa shape index (κ3) is 23.2. The van der Waals surface area contributed by atoms with Crippen LogP contribution in [0.5, 0.6) is 23.0 Å². The van der Waals surface area contributed by atoms with E-state index < -0.39 is 19.5 Å². The van der Waals surface area contributed by atoms with Gasteiger partial charge in [-0.1, -0.05) is 66.7 Å². The summed E-state index contributed by atoms with van der Waals surface area (Å²) < 4.78 is 57.9. The van der Waals surface area contributed by atoms with E-state index in [2.05, 4.69) is 4.74 Å². The van der Waals surface area contributed by atoms with Crippen LogP contribution in [-0.4, -0.2) is 106 Å². The van der Waals surface area contributed by atoms with Crippen molar-refractivity contribution >= 4 is 42.8 Å². The van der Waals surface area contributed by atoms with E-state index in [0.717, 1.165) is 70.1 Å². The van der Waals surface area contributed by atoms with Gasteiger partial charge < -0.3 is 54.2 Å². The van der Waals surface area contributed by atoms with Gasteiger partial charge in [0.15, 0.2) is 5.78 Å². The Bertz CT molecular complexity index is 2430. The van der Waals surface area contributed by atoms with Gasteiger partial charge in [-0.3, -0.25) is 23.7 Å². The molecular formula is C54H69Na2O17P. The van der Waals surface area contributed by atoms with Crippen molar-refractivity contribution in [2.75, 3.05) is 65.6 Å². The van der Waals surface area contributed by atoms with E-state index in [9.17, 15) is 28.5 Å². The number of ketones is 1. The SMILES string of the molecule is CCOC(=O)/C=C1\CCOc2ccccc21.CCOC(=O)CC1CCOc2ccccc21.CCOC(=O)CP(=O)(OCC)OCC.O=C(O)CC1CCOc2ccccc21.O=C1CCOc2ccccc21.[H-].[Na+].[Na+].[OH-]. The Morgan fingerprint density at radius 1 is 0.581 bits per heavy atom. The Labute approximate surface area is 480 Å². The molecule has 4 heterocycles. The quantitative estimate of drug-likeness (QED) is 0.0607. The molecule has 4 aromatic carbocycles. The monoisotopic (exact) mass is 1070 g/mol. The standard InChI is InChI=1S/C13H16O3.C13H14O3.C11H12O3.C9H8O2.C8H17O5P.2Na.H2O.H/c2*1-2-15-13(14)9-10-7-8-16-12-6-4-3-5-11(10)12;12-11(13)7-8-5-6-14-10-4-2-1-3-9(8)10;10-8-5-6-11-9-4-2-1-3-7(8)9;1-4-11-8(9)7-14(10,12-5-2)13-6-3;;;;/h3-6,10H,2,7-9H2,1H3;3-6,9H,2,7-8H2,1H3;1-4,8H,5-7H2,(H,12,13);1-4H,5-6H2;4-7H2,1-3H3;;;1H2;/q;;;;;2*+1;;-1/p-1/b;10-9+;;;;;;;. The van der Waals surface area contributed by atoms with E-state index >= 15 is 0 Å². The van der Waals surface area contributed by atoms with Crippen LogP contribution in [0, 0.1) is 0 Å². The van der Waals surface area contributed by atoms with Gasteiger partial charge in [0.2, 0.25) is 0 Å². The molecule has 74 heavy (non-hydrogen) atoms. The molecule has 0 aliphatic carbocycles. The molecule has 4 aromatic rings. The van der Waals surface area contributed by atoms with Crippen LogP contribution in [-0.2, 0) is 47.0 Å². The van der Waals surface area contributed by atoms with Crippen molar-refractivity contribution in [3.8, 4) is 23.0 Å². The summed E-state index contributed by atoms with van der Waals surface area (Å²) in [4.78, 5) is 55.7. The summed E-state index contributed by atoms with van der Waals surface area (Å²) in [7, 11) is -3.28. The average molecular weight is 1070 g/mol. The second-order valence-corrected chi connectivity index (χ2v) is 17.8. The third-order valence-corrected chi connectivity index (χ3v) is 12.7. The summed E-state index contributed by atoms with van der Waals surface area (Å²) in [5, 5.41) is 8.75. The van der Waals surface area contributed by atoms with Gasteiger partial charge in [0.25, 0.3) is 0 Å². The van der Waals surface area contributed by atoms with Gasteiger partial charge in [-0.05, 0) is 94.5 Å². The van der Waals surface area contributed by atoms with Crippen LogP contribution in [0.15, 0.2) is 103 Å². The first-order valence-corrected chi connectivity index (χ1v) is 25.8. The van der Waals surface area contributed by atoms with Gasteiger partial charge in [0.1, 0.15) is 29.2 Å². The average Bonchev–Trinajstić information content (AvgIpc) is 3.35. The zero-order valence-electron chi connectivity index (χ0n) is 44.7. The number of aliphatic carboxylic acids is 1. The summed E-state index contributed by atoms with van der Waals surface area (Å²) >= 11 is 0. The molecule has 0 fully saturated rings. The summed E-state index contributed by atoms with van der Waals surface area (Å²) in [6.45, 7) is 12.7. The Morgan fingerprint density at radius 3 is 1.51 bits per heavy atom. The maximum atomic E-state index is 11.8.